The molecule has 5 heteroatoms. The highest BCUT2D eigenvalue weighted by Crippen LogP contribution is 2.34. The number of aromatic nitrogens is 2. The summed E-state index contributed by atoms with van der Waals surface area (Å²) in [4.78, 5) is 0. The van der Waals surface area contributed by atoms with E-state index in [0.717, 1.165) is 35.1 Å². The summed E-state index contributed by atoms with van der Waals surface area (Å²) in [5.41, 5.74) is 4.34. The van der Waals surface area contributed by atoms with E-state index in [4.69, 9.17) is 9.47 Å². The average Bonchev–Trinajstić information content (AvgIpc) is 2.94. The normalized spacial score (nSPS) is 12.8. The summed E-state index contributed by atoms with van der Waals surface area (Å²) < 4.78 is 10.6. The van der Waals surface area contributed by atoms with Crippen LogP contribution in [0.3, 0.4) is 0 Å². The van der Waals surface area contributed by atoms with E-state index in [1.165, 1.54) is 5.56 Å². The van der Waals surface area contributed by atoms with Crippen LogP contribution < -0.4 is 14.8 Å². The van der Waals surface area contributed by atoms with Crippen LogP contribution in [0.15, 0.2) is 18.2 Å². The van der Waals surface area contributed by atoms with E-state index in [2.05, 4.69) is 15.5 Å². The standard InChI is InChI=1S/C13H15N3O2/c1-8-11(9(2)16-15-8)6-14-10-3-4-12-13(5-10)18-7-17-12/h3-5,14H,6-7H2,1-2H3,(H,15,16). The molecule has 0 atom stereocenters. The Bertz CT molecular complexity index is 558. The Labute approximate surface area is 105 Å². The molecule has 0 aliphatic carbocycles. The summed E-state index contributed by atoms with van der Waals surface area (Å²) in [6.45, 7) is 5.07. The highest BCUT2D eigenvalue weighted by molar-refractivity contribution is 5.55. The van der Waals surface area contributed by atoms with Crippen molar-refractivity contribution in [1.82, 2.24) is 10.2 Å². The van der Waals surface area contributed by atoms with Gasteiger partial charge in [-0.25, -0.2) is 0 Å². The first kappa shape index (κ1) is 11.0. The van der Waals surface area contributed by atoms with Gasteiger partial charge in [-0.2, -0.15) is 5.10 Å². The van der Waals surface area contributed by atoms with Crippen molar-refractivity contribution in [3.8, 4) is 11.5 Å². The molecule has 1 aromatic heterocycles. The molecule has 0 amide bonds. The predicted molar refractivity (Wildman–Crippen MR) is 68.0 cm³/mol. The molecule has 0 bridgehead atoms. The first-order valence-electron chi connectivity index (χ1n) is 5.88. The van der Waals surface area contributed by atoms with Gasteiger partial charge in [0.05, 0.1) is 5.69 Å². The quantitative estimate of drug-likeness (QED) is 0.871. The molecule has 5 nitrogen and oxygen atoms in total. The molecule has 1 aliphatic rings. The number of rotatable bonds is 3. The number of nitrogens with one attached hydrogen (secondary N) is 2. The van der Waals surface area contributed by atoms with Crippen molar-refractivity contribution in [1.29, 1.82) is 0 Å². The molecule has 0 saturated heterocycles. The predicted octanol–water partition coefficient (Wildman–Crippen LogP) is 2.37. The van der Waals surface area contributed by atoms with E-state index in [1.54, 1.807) is 0 Å². The minimum Gasteiger partial charge on any atom is -0.454 e. The lowest BCUT2D eigenvalue weighted by Crippen LogP contribution is -2.01. The van der Waals surface area contributed by atoms with Crippen LogP contribution in [0.2, 0.25) is 0 Å². The van der Waals surface area contributed by atoms with E-state index in [9.17, 15) is 0 Å². The summed E-state index contributed by atoms with van der Waals surface area (Å²) in [5.74, 6) is 1.59. The van der Waals surface area contributed by atoms with Crippen LogP contribution in [0.4, 0.5) is 5.69 Å². The first-order valence-corrected chi connectivity index (χ1v) is 5.88. The smallest absolute Gasteiger partial charge is 0.231 e. The lowest BCUT2D eigenvalue weighted by molar-refractivity contribution is 0.174. The zero-order valence-electron chi connectivity index (χ0n) is 10.4. The maximum absolute atomic E-state index is 5.34. The van der Waals surface area contributed by atoms with Gasteiger partial charge in [0.15, 0.2) is 11.5 Å². The summed E-state index contributed by atoms with van der Waals surface area (Å²) >= 11 is 0. The van der Waals surface area contributed by atoms with Crippen molar-refractivity contribution >= 4 is 5.69 Å². The molecule has 18 heavy (non-hydrogen) atoms. The van der Waals surface area contributed by atoms with Gasteiger partial charge in [0, 0.05) is 29.6 Å². The molecule has 0 fully saturated rings. The molecule has 2 aromatic rings. The number of ether oxygens (including phenoxy) is 2. The third-order valence-electron chi connectivity index (χ3n) is 3.12. The number of aryl methyl sites for hydroxylation is 2. The Morgan fingerprint density at radius 3 is 2.89 bits per heavy atom. The van der Waals surface area contributed by atoms with Gasteiger partial charge in [0.25, 0.3) is 0 Å². The molecule has 2 heterocycles. The van der Waals surface area contributed by atoms with Gasteiger partial charge in [-0.15, -0.1) is 0 Å². The summed E-state index contributed by atoms with van der Waals surface area (Å²) in [6, 6.07) is 5.85. The average molecular weight is 245 g/mol. The topological polar surface area (TPSA) is 59.2 Å². The van der Waals surface area contributed by atoms with Gasteiger partial charge in [0.1, 0.15) is 0 Å². The van der Waals surface area contributed by atoms with Gasteiger partial charge in [-0.05, 0) is 26.0 Å². The van der Waals surface area contributed by atoms with Crippen LogP contribution in [0.1, 0.15) is 17.0 Å². The van der Waals surface area contributed by atoms with Gasteiger partial charge in [-0.1, -0.05) is 0 Å². The van der Waals surface area contributed by atoms with Crippen molar-refractivity contribution in [2.24, 2.45) is 0 Å². The van der Waals surface area contributed by atoms with Gasteiger partial charge >= 0.3 is 0 Å². The van der Waals surface area contributed by atoms with Gasteiger partial charge in [0.2, 0.25) is 6.79 Å². The number of hydrogen-bond donors (Lipinski definition) is 2. The molecule has 2 N–H and O–H groups in total. The number of fused-ring (bicyclic) bond motifs is 1. The molecular formula is C13H15N3O2. The Morgan fingerprint density at radius 2 is 2.11 bits per heavy atom. The van der Waals surface area contributed by atoms with Crippen LogP contribution in [-0.2, 0) is 6.54 Å². The van der Waals surface area contributed by atoms with Crippen LogP contribution in [0.5, 0.6) is 11.5 Å². The Hall–Kier alpha value is -2.17. The zero-order valence-corrected chi connectivity index (χ0v) is 10.4. The van der Waals surface area contributed by atoms with Crippen LogP contribution in [0, 0.1) is 13.8 Å². The van der Waals surface area contributed by atoms with Crippen molar-refractivity contribution in [2.75, 3.05) is 12.1 Å². The number of benzene rings is 1. The summed E-state index contributed by atoms with van der Waals surface area (Å²) in [5, 5.41) is 10.5. The minimum absolute atomic E-state index is 0.304. The van der Waals surface area contributed by atoms with Crippen LogP contribution in [0.25, 0.3) is 0 Å². The van der Waals surface area contributed by atoms with E-state index < -0.39 is 0 Å². The number of hydrogen-bond acceptors (Lipinski definition) is 4. The van der Waals surface area contributed by atoms with E-state index in [-0.39, 0.29) is 0 Å². The SMILES string of the molecule is Cc1n[nH]c(C)c1CNc1ccc2c(c1)OCO2. The molecule has 1 aromatic carbocycles. The van der Waals surface area contributed by atoms with E-state index >= 15 is 0 Å². The number of aromatic amines is 1. The molecule has 3 rings (SSSR count). The van der Waals surface area contributed by atoms with Crippen LogP contribution in [-0.4, -0.2) is 17.0 Å². The monoisotopic (exact) mass is 245 g/mol. The number of nitrogens with zero attached hydrogens (tertiary/aromatic N) is 1. The third-order valence-corrected chi connectivity index (χ3v) is 3.12. The number of anilines is 1. The maximum Gasteiger partial charge on any atom is 0.231 e. The molecule has 94 valence electrons. The molecule has 0 radical (unpaired) electrons. The van der Waals surface area contributed by atoms with Crippen molar-refractivity contribution < 1.29 is 9.47 Å². The summed E-state index contributed by atoms with van der Waals surface area (Å²) in [7, 11) is 0. The lowest BCUT2D eigenvalue weighted by Gasteiger charge is -2.07. The second-order valence-electron chi connectivity index (χ2n) is 4.33. The molecule has 0 unspecified atom stereocenters. The van der Waals surface area contributed by atoms with Gasteiger partial charge in [-0.3, -0.25) is 5.10 Å². The second kappa shape index (κ2) is 4.25. The fourth-order valence-electron chi connectivity index (χ4n) is 2.03. The fraction of sp³-hybridized carbons (Fsp3) is 0.308. The minimum atomic E-state index is 0.304. The highest BCUT2D eigenvalue weighted by Gasteiger charge is 2.13. The molecular weight excluding hydrogens is 230 g/mol. The van der Waals surface area contributed by atoms with Crippen molar-refractivity contribution in [2.45, 2.75) is 20.4 Å². The molecule has 1 aliphatic heterocycles. The first-order chi connectivity index (χ1) is 8.74. The molecule has 0 saturated carbocycles. The van der Waals surface area contributed by atoms with E-state index in [1.807, 2.05) is 32.0 Å². The van der Waals surface area contributed by atoms with Crippen molar-refractivity contribution in [3.63, 3.8) is 0 Å². The largest absolute Gasteiger partial charge is 0.454 e. The zero-order chi connectivity index (χ0) is 12.5. The molecule has 0 spiro atoms. The van der Waals surface area contributed by atoms with Crippen LogP contribution >= 0.6 is 0 Å². The van der Waals surface area contributed by atoms with Crippen molar-refractivity contribution in [3.05, 3.63) is 35.2 Å². The Kier molecular flexibility index (Phi) is 2.59. The van der Waals surface area contributed by atoms with Gasteiger partial charge < -0.3 is 14.8 Å². The highest BCUT2D eigenvalue weighted by atomic mass is 16.7. The Morgan fingerprint density at radius 1 is 1.28 bits per heavy atom. The maximum atomic E-state index is 5.34. The second-order valence-corrected chi connectivity index (χ2v) is 4.33. The lowest BCUT2D eigenvalue weighted by atomic mass is 10.2. The fourth-order valence-corrected chi connectivity index (χ4v) is 2.03. The van der Waals surface area contributed by atoms with E-state index in [0.29, 0.717) is 6.79 Å². The Balaban J connectivity index is 1.74. The number of H-pyrrole nitrogens is 1. The third kappa shape index (κ3) is 1.88. The summed E-state index contributed by atoms with van der Waals surface area (Å²) in [6.07, 6.45) is 0.